The molecule has 3 heterocycles. The summed E-state index contributed by atoms with van der Waals surface area (Å²) in [5.74, 6) is 0. The number of rotatable bonds is 4. The quantitative estimate of drug-likeness (QED) is 0.922. The van der Waals surface area contributed by atoms with Gasteiger partial charge in [-0.3, -0.25) is 9.88 Å². The van der Waals surface area contributed by atoms with Crippen LogP contribution in [0.2, 0.25) is 4.34 Å². The smallest absolute Gasteiger partial charge is 0.317 e. The minimum atomic E-state index is -0.00679. The van der Waals surface area contributed by atoms with E-state index in [1.54, 1.807) is 23.7 Å². The van der Waals surface area contributed by atoms with E-state index in [2.05, 4.69) is 21.3 Å². The van der Waals surface area contributed by atoms with Gasteiger partial charge in [-0.2, -0.15) is 0 Å². The molecule has 1 saturated heterocycles. The van der Waals surface area contributed by atoms with Crippen molar-refractivity contribution in [3.05, 3.63) is 51.4 Å². The van der Waals surface area contributed by atoms with Crippen LogP contribution in [-0.2, 0) is 13.1 Å². The predicted octanol–water partition coefficient (Wildman–Crippen LogP) is 2.82. The number of halogens is 1. The van der Waals surface area contributed by atoms with E-state index in [4.69, 9.17) is 11.6 Å². The number of hydrogen-bond donors (Lipinski definition) is 1. The fraction of sp³-hybridized carbons (Fsp3) is 0.375. The lowest BCUT2D eigenvalue weighted by atomic mass is 10.3. The van der Waals surface area contributed by atoms with Gasteiger partial charge in [0.25, 0.3) is 0 Å². The first-order valence-corrected chi connectivity index (χ1v) is 8.78. The highest BCUT2D eigenvalue weighted by molar-refractivity contribution is 7.16. The van der Waals surface area contributed by atoms with E-state index in [1.807, 2.05) is 23.1 Å². The molecule has 122 valence electrons. The zero-order chi connectivity index (χ0) is 16.1. The van der Waals surface area contributed by atoms with Crippen molar-refractivity contribution in [3.8, 4) is 0 Å². The van der Waals surface area contributed by atoms with Gasteiger partial charge < -0.3 is 10.2 Å². The van der Waals surface area contributed by atoms with Crippen LogP contribution in [0.15, 0.2) is 36.7 Å². The van der Waals surface area contributed by atoms with E-state index in [9.17, 15) is 4.79 Å². The Hall–Kier alpha value is -1.63. The second-order valence-electron chi connectivity index (χ2n) is 5.49. The normalized spacial score (nSPS) is 15.6. The summed E-state index contributed by atoms with van der Waals surface area (Å²) in [6.07, 6.45) is 3.50. The van der Waals surface area contributed by atoms with Gasteiger partial charge in [-0.25, -0.2) is 4.79 Å². The van der Waals surface area contributed by atoms with Crippen molar-refractivity contribution in [2.45, 2.75) is 13.1 Å². The number of nitrogens with one attached hydrogen (secondary N) is 1. The van der Waals surface area contributed by atoms with Gasteiger partial charge >= 0.3 is 6.03 Å². The van der Waals surface area contributed by atoms with E-state index in [1.165, 1.54) is 4.88 Å². The minimum absolute atomic E-state index is 0.00679. The van der Waals surface area contributed by atoms with Crippen molar-refractivity contribution in [1.29, 1.82) is 0 Å². The molecule has 0 unspecified atom stereocenters. The molecular weight excluding hydrogens is 332 g/mol. The molecule has 7 heteroatoms. The van der Waals surface area contributed by atoms with Crippen LogP contribution in [0.25, 0.3) is 0 Å². The van der Waals surface area contributed by atoms with E-state index >= 15 is 0 Å². The lowest BCUT2D eigenvalue weighted by molar-refractivity contribution is 0.135. The van der Waals surface area contributed by atoms with Gasteiger partial charge in [-0.15, -0.1) is 11.3 Å². The first-order valence-electron chi connectivity index (χ1n) is 7.59. The number of pyridine rings is 1. The highest BCUT2D eigenvalue weighted by Gasteiger charge is 2.21. The van der Waals surface area contributed by atoms with E-state index in [0.717, 1.165) is 42.6 Å². The fourth-order valence-electron chi connectivity index (χ4n) is 2.56. The first-order chi connectivity index (χ1) is 11.2. The number of carbonyl (C=O) groups excluding carboxylic acids is 1. The molecule has 0 spiro atoms. The van der Waals surface area contributed by atoms with Crippen LogP contribution in [0.3, 0.4) is 0 Å². The summed E-state index contributed by atoms with van der Waals surface area (Å²) < 4.78 is 0.827. The third-order valence-corrected chi connectivity index (χ3v) is 5.05. The van der Waals surface area contributed by atoms with Crippen molar-refractivity contribution in [1.82, 2.24) is 20.1 Å². The lowest BCUT2D eigenvalue weighted by Crippen LogP contribution is -2.51. The molecule has 23 heavy (non-hydrogen) atoms. The Morgan fingerprint density at radius 3 is 2.74 bits per heavy atom. The largest absolute Gasteiger partial charge is 0.334 e. The first kappa shape index (κ1) is 16.2. The molecule has 2 amide bonds. The molecule has 1 aliphatic heterocycles. The van der Waals surface area contributed by atoms with Gasteiger partial charge in [0.2, 0.25) is 0 Å². The molecule has 2 aromatic heterocycles. The zero-order valence-electron chi connectivity index (χ0n) is 12.7. The molecule has 0 radical (unpaired) electrons. The Kier molecular flexibility index (Phi) is 5.48. The van der Waals surface area contributed by atoms with Gasteiger partial charge in [0.1, 0.15) is 0 Å². The van der Waals surface area contributed by atoms with Gasteiger partial charge in [0.05, 0.1) is 4.34 Å². The monoisotopic (exact) mass is 350 g/mol. The van der Waals surface area contributed by atoms with E-state index < -0.39 is 0 Å². The molecule has 1 fully saturated rings. The fourth-order valence-corrected chi connectivity index (χ4v) is 3.69. The topological polar surface area (TPSA) is 48.5 Å². The van der Waals surface area contributed by atoms with Crippen molar-refractivity contribution < 1.29 is 4.79 Å². The molecule has 0 aromatic carbocycles. The van der Waals surface area contributed by atoms with Gasteiger partial charge in [-0.05, 0) is 23.8 Å². The second-order valence-corrected chi connectivity index (χ2v) is 7.29. The Morgan fingerprint density at radius 2 is 2.09 bits per heavy atom. The van der Waals surface area contributed by atoms with Crippen LogP contribution in [0.4, 0.5) is 4.79 Å². The van der Waals surface area contributed by atoms with Gasteiger partial charge in [-0.1, -0.05) is 17.7 Å². The Bertz CT molecular complexity index is 641. The van der Waals surface area contributed by atoms with Crippen molar-refractivity contribution >= 4 is 29.0 Å². The molecule has 2 aromatic rings. The number of urea groups is 1. The van der Waals surface area contributed by atoms with E-state index in [-0.39, 0.29) is 6.03 Å². The SMILES string of the molecule is O=C(NCc1cccnc1)N1CCN(Cc2ccc(Cl)s2)CC1. The van der Waals surface area contributed by atoms with Crippen LogP contribution in [0.5, 0.6) is 0 Å². The number of aromatic nitrogens is 1. The molecule has 1 aliphatic rings. The summed E-state index contributed by atoms with van der Waals surface area (Å²) in [5, 5.41) is 2.95. The molecule has 1 N–H and O–H groups in total. The molecule has 0 saturated carbocycles. The number of piperazine rings is 1. The number of carbonyl (C=O) groups is 1. The summed E-state index contributed by atoms with van der Waals surface area (Å²) in [6.45, 7) is 4.69. The maximum atomic E-state index is 12.2. The molecule has 3 rings (SSSR count). The maximum Gasteiger partial charge on any atom is 0.317 e. The summed E-state index contributed by atoms with van der Waals surface area (Å²) in [7, 11) is 0. The van der Waals surface area contributed by atoms with Crippen molar-refractivity contribution in [2.75, 3.05) is 26.2 Å². The maximum absolute atomic E-state index is 12.2. The predicted molar refractivity (Wildman–Crippen MR) is 92.7 cm³/mol. The molecule has 0 bridgehead atoms. The summed E-state index contributed by atoms with van der Waals surface area (Å²) in [6, 6.07) is 7.82. The molecule has 5 nitrogen and oxygen atoms in total. The molecule has 0 aliphatic carbocycles. The van der Waals surface area contributed by atoms with Crippen molar-refractivity contribution in [2.24, 2.45) is 0 Å². The number of amides is 2. The Labute approximate surface area is 144 Å². The molecular formula is C16H19ClN4OS. The molecule has 0 atom stereocenters. The number of thiophene rings is 1. The summed E-state index contributed by atoms with van der Waals surface area (Å²) >= 11 is 7.58. The van der Waals surface area contributed by atoms with Gasteiger partial charge in [0.15, 0.2) is 0 Å². The third kappa shape index (κ3) is 4.67. The van der Waals surface area contributed by atoms with E-state index in [0.29, 0.717) is 6.54 Å². The van der Waals surface area contributed by atoms with Crippen molar-refractivity contribution in [3.63, 3.8) is 0 Å². The Morgan fingerprint density at radius 1 is 1.26 bits per heavy atom. The second kappa shape index (κ2) is 7.77. The van der Waals surface area contributed by atoms with Crippen LogP contribution in [0, 0.1) is 0 Å². The summed E-state index contributed by atoms with van der Waals surface area (Å²) in [4.78, 5) is 21.7. The lowest BCUT2D eigenvalue weighted by Gasteiger charge is -2.34. The average Bonchev–Trinajstić information content (AvgIpc) is 2.99. The van der Waals surface area contributed by atoms with Crippen LogP contribution >= 0.6 is 22.9 Å². The minimum Gasteiger partial charge on any atom is -0.334 e. The highest BCUT2D eigenvalue weighted by atomic mass is 35.5. The number of hydrogen-bond acceptors (Lipinski definition) is 4. The zero-order valence-corrected chi connectivity index (χ0v) is 14.3. The van der Waals surface area contributed by atoms with Crippen LogP contribution in [0.1, 0.15) is 10.4 Å². The third-order valence-electron chi connectivity index (χ3n) is 3.83. The highest BCUT2D eigenvalue weighted by Crippen LogP contribution is 2.23. The van der Waals surface area contributed by atoms with Gasteiger partial charge in [0, 0.05) is 56.5 Å². The van der Waals surface area contributed by atoms with Crippen LogP contribution < -0.4 is 5.32 Å². The standard InChI is InChI=1S/C16H19ClN4OS/c17-15-4-3-14(23-15)12-20-6-8-21(9-7-20)16(22)19-11-13-2-1-5-18-10-13/h1-5,10H,6-9,11-12H2,(H,19,22). The van der Waals surface area contributed by atoms with Crippen LogP contribution in [-0.4, -0.2) is 47.0 Å². The number of nitrogens with zero attached hydrogens (tertiary/aromatic N) is 3. The Balaban J connectivity index is 1.42. The average molecular weight is 351 g/mol. The summed E-state index contributed by atoms with van der Waals surface area (Å²) in [5.41, 5.74) is 1.01.